The van der Waals surface area contributed by atoms with Gasteiger partial charge in [-0.15, -0.1) is 6.58 Å². The number of rotatable bonds is 2. The van der Waals surface area contributed by atoms with Crippen molar-refractivity contribution in [3.05, 3.63) is 98.5 Å². The summed E-state index contributed by atoms with van der Waals surface area (Å²) in [5.41, 5.74) is 1.17. The van der Waals surface area contributed by atoms with Gasteiger partial charge >= 0.3 is 0 Å². The molecule has 0 saturated carbocycles. The highest BCUT2D eigenvalue weighted by Crippen LogP contribution is 2.10. The number of carbonyl (C=O) groups excluding carboxylic acids is 1. The normalized spacial score (nSPS) is 10.9. The quantitative estimate of drug-likeness (QED) is 0.414. The zero-order valence-electron chi connectivity index (χ0n) is 19.9. The summed E-state index contributed by atoms with van der Waals surface area (Å²) >= 11 is 0. The van der Waals surface area contributed by atoms with E-state index in [0.717, 1.165) is 19.4 Å². The zero-order chi connectivity index (χ0) is 23.7. The molecule has 0 unspecified atom stereocenters. The van der Waals surface area contributed by atoms with E-state index in [0.29, 0.717) is 6.42 Å². The summed E-state index contributed by atoms with van der Waals surface area (Å²) in [6.45, 7) is 13.3. The molecule has 4 nitrogen and oxygen atoms in total. The molecule has 1 aromatic carbocycles. The third-order valence-corrected chi connectivity index (χ3v) is 3.43. The number of hydrogen-bond acceptors (Lipinski definition) is 3. The second kappa shape index (κ2) is 32.2. The van der Waals surface area contributed by atoms with Crippen LogP contribution in [0.2, 0.25) is 0 Å². The molecule has 1 saturated heterocycles. The van der Waals surface area contributed by atoms with Crippen LogP contribution in [0, 0.1) is 0 Å². The van der Waals surface area contributed by atoms with Gasteiger partial charge in [-0.3, -0.25) is 9.78 Å². The molecule has 0 aliphatic carbocycles. The van der Waals surface area contributed by atoms with Crippen LogP contribution in [0.15, 0.2) is 92.9 Å². The molecule has 0 bridgehead atoms. The van der Waals surface area contributed by atoms with Crippen LogP contribution in [0.3, 0.4) is 0 Å². The first-order valence-corrected chi connectivity index (χ1v) is 10.5. The lowest BCUT2D eigenvalue weighted by molar-refractivity contribution is -0.128. The van der Waals surface area contributed by atoms with Crippen molar-refractivity contribution in [3.8, 4) is 0 Å². The fourth-order valence-electron chi connectivity index (χ4n) is 2.10. The second-order valence-corrected chi connectivity index (χ2v) is 6.97. The summed E-state index contributed by atoms with van der Waals surface area (Å²) in [6.07, 6.45) is 12.8. The Balaban J connectivity index is -0.000000107. The van der Waals surface area contributed by atoms with E-state index in [2.05, 4.69) is 24.7 Å². The van der Waals surface area contributed by atoms with Gasteiger partial charge in [-0.25, -0.2) is 0 Å². The maximum atomic E-state index is 11.1. The Labute approximate surface area is 212 Å². The Bertz CT molecular complexity index is 641. The maximum absolute atomic E-state index is 11.1. The van der Waals surface area contributed by atoms with Crippen LogP contribution in [0.25, 0.3) is 6.08 Å². The SMILES string of the molecule is C.C.C.C=CC.C=CN1CCCCCC1=O.C=Cc1ccccc1.CN(C)C.c1ccncc1. The molecular weight excluding hydrogens is 418 g/mol. The topological polar surface area (TPSA) is 36.4 Å². The summed E-state index contributed by atoms with van der Waals surface area (Å²) < 4.78 is 0. The van der Waals surface area contributed by atoms with Gasteiger partial charge in [-0.1, -0.05) is 90.4 Å². The summed E-state index contributed by atoms with van der Waals surface area (Å²) in [7, 11) is 6.00. The number of benzene rings is 1. The Hall–Kier alpha value is -2.98. The van der Waals surface area contributed by atoms with Crippen LogP contribution in [-0.4, -0.2) is 48.4 Å². The standard InChI is InChI=1S/C8H13NO.C8H8.C5H5N.C3H9N.C3H6.3CH4/c1-2-9-7-5-3-4-6-8(9)10;1-2-8-6-4-3-5-7-8;1-2-4-6-5-3-1;1-4(2)3;1-3-2;;;/h2H,1,3-7H2;2-7H,1H2;1-5H;1-3H3;3H,1H2,2H3;3*1H4. The molecule has 1 amide bonds. The van der Waals surface area contributed by atoms with Crippen molar-refractivity contribution in [2.24, 2.45) is 0 Å². The molecular formula is C30H53N3O. The Morgan fingerprint density at radius 3 is 1.65 bits per heavy atom. The Morgan fingerprint density at radius 2 is 1.32 bits per heavy atom. The van der Waals surface area contributed by atoms with Gasteiger partial charge in [-0.2, -0.15) is 0 Å². The molecule has 2 heterocycles. The molecule has 194 valence electrons. The van der Waals surface area contributed by atoms with Crippen molar-refractivity contribution in [2.75, 3.05) is 27.7 Å². The van der Waals surface area contributed by atoms with Crippen molar-refractivity contribution < 1.29 is 4.79 Å². The fraction of sp³-hybridized carbons (Fsp3) is 0.400. The lowest BCUT2D eigenvalue weighted by atomic mass is 10.2. The van der Waals surface area contributed by atoms with Crippen molar-refractivity contribution in [1.29, 1.82) is 0 Å². The molecule has 2 aromatic rings. The molecule has 0 radical (unpaired) electrons. The zero-order valence-corrected chi connectivity index (χ0v) is 19.9. The average molecular weight is 472 g/mol. The van der Waals surface area contributed by atoms with Crippen molar-refractivity contribution in [3.63, 3.8) is 0 Å². The first-order valence-electron chi connectivity index (χ1n) is 10.5. The van der Waals surface area contributed by atoms with Gasteiger partial charge in [0, 0.05) is 25.4 Å². The number of amides is 1. The van der Waals surface area contributed by atoms with Crippen molar-refractivity contribution in [1.82, 2.24) is 14.8 Å². The number of pyridine rings is 1. The van der Waals surface area contributed by atoms with Crippen LogP contribution < -0.4 is 0 Å². The van der Waals surface area contributed by atoms with Crippen LogP contribution in [0.1, 0.15) is 60.5 Å². The first-order chi connectivity index (χ1) is 14.9. The van der Waals surface area contributed by atoms with Crippen LogP contribution in [0.4, 0.5) is 0 Å². The lowest BCUT2D eigenvalue weighted by Crippen LogP contribution is -2.23. The number of allylic oxidation sites excluding steroid dienone is 1. The molecule has 1 aromatic heterocycles. The molecule has 34 heavy (non-hydrogen) atoms. The van der Waals surface area contributed by atoms with Crippen molar-refractivity contribution >= 4 is 12.0 Å². The number of hydrogen-bond donors (Lipinski definition) is 0. The van der Waals surface area contributed by atoms with E-state index in [1.807, 2.05) is 87.6 Å². The van der Waals surface area contributed by atoms with Crippen LogP contribution in [0.5, 0.6) is 0 Å². The van der Waals surface area contributed by atoms with Gasteiger partial charge in [0.1, 0.15) is 0 Å². The van der Waals surface area contributed by atoms with E-state index in [9.17, 15) is 4.79 Å². The molecule has 0 spiro atoms. The number of carbonyl (C=O) groups is 1. The lowest BCUT2D eigenvalue weighted by Gasteiger charge is -2.13. The third-order valence-electron chi connectivity index (χ3n) is 3.43. The number of aromatic nitrogens is 1. The Kier molecular flexibility index (Phi) is 39.1. The van der Waals surface area contributed by atoms with E-state index < -0.39 is 0 Å². The van der Waals surface area contributed by atoms with Gasteiger partial charge in [-0.05, 0) is 64.8 Å². The highest BCUT2D eigenvalue weighted by atomic mass is 16.2. The van der Waals surface area contributed by atoms with Crippen molar-refractivity contribution in [2.45, 2.75) is 54.9 Å². The van der Waals surface area contributed by atoms with Gasteiger partial charge in [0.05, 0.1) is 0 Å². The van der Waals surface area contributed by atoms with Crippen LogP contribution in [-0.2, 0) is 4.79 Å². The fourth-order valence-corrected chi connectivity index (χ4v) is 2.10. The van der Waals surface area contributed by atoms with Gasteiger partial charge in [0.25, 0.3) is 0 Å². The monoisotopic (exact) mass is 471 g/mol. The molecule has 4 heteroatoms. The highest BCUT2D eigenvalue weighted by Gasteiger charge is 2.12. The largest absolute Gasteiger partial charge is 0.320 e. The molecule has 1 fully saturated rings. The molecule has 1 aliphatic rings. The molecule has 0 N–H and O–H groups in total. The number of likely N-dealkylation sites (tertiary alicyclic amines) is 1. The predicted octanol–water partition coefficient (Wildman–Crippen LogP) is 8.22. The molecule has 0 atom stereocenters. The van der Waals surface area contributed by atoms with E-state index in [4.69, 9.17) is 0 Å². The predicted molar refractivity (Wildman–Crippen MR) is 157 cm³/mol. The van der Waals surface area contributed by atoms with E-state index in [-0.39, 0.29) is 28.2 Å². The van der Waals surface area contributed by atoms with Gasteiger partial charge in [0.2, 0.25) is 5.91 Å². The minimum Gasteiger partial charge on any atom is -0.320 e. The summed E-state index contributed by atoms with van der Waals surface area (Å²) in [5.74, 6) is 0.229. The minimum atomic E-state index is 0. The summed E-state index contributed by atoms with van der Waals surface area (Å²) in [4.78, 5) is 18.6. The number of nitrogens with zero attached hydrogens (tertiary/aromatic N) is 3. The second-order valence-electron chi connectivity index (χ2n) is 6.97. The van der Waals surface area contributed by atoms with E-state index >= 15 is 0 Å². The summed E-state index contributed by atoms with van der Waals surface area (Å²) in [5, 5.41) is 0. The van der Waals surface area contributed by atoms with E-state index in [1.54, 1.807) is 29.6 Å². The molecule has 1 aliphatic heterocycles. The van der Waals surface area contributed by atoms with E-state index in [1.165, 1.54) is 12.0 Å². The smallest absolute Gasteiger partial charge is 0.226 e. The van der Waals surface area contributed by atoms with Crippen LogP contribution >= 0.6 is 0 Å². The van der Waals surface area contributed by atoms with Gasteiger partial charge < -0.3 is 9.80 Å². The summed E-state index contributed by atoms with van der Waals surface area (Å²) in [6, 6.07) is 15.7. The maximum Gasteiger partial charge on any atom is 0.226 e. The average Bonchev–Trinajstić information content (AvgIpc) is 3.00. The third kappa shape index (κ3) is 31.2. The Morgan fingerprint density at radius 1 is 0.853 bits per heavy atom. The first kappa shape index (κ1) is 41.3. The molecule has 3 rings (SSSR count). The minimum absolute atomic E-state index is 0. The van der Waals surface area contributed by atoms with Gasteiger partial charge in [0.15, 0.2) is 0 Å². The highest BCUT2D eigenvalue weighted by molar-refractivity contribution is 5.77.